The third kappa shape index (κ3) is 3.03. The van der Waals surface area contributed by atoms with Crippen LogP contribution in [0.1, 0.15) is 17.2 Å². The van der Waals surface area contributed by atoms with Crippen molar-refractivity contribution in [3.05, 3.63) is 58.6 Å². The Morgan fingerprint density at radius 3 is 2.55 bits per heavy atom. The largest absolute Gasteiger partial charge is 0.506 e. The number of aryl methyl sites for hydroxylation is 1. The quantitative estimate of drug-likeness (QED) is 0.805. The van der Waals surface area contributed by atoms with Gasteiger partial charge in [-0.05, 0) is 36.2 Å². The van der Waals surface area contributed by atoms with Gasteiger partial charge in [0.25, 0.3) is 0 Å². The molecule has 0 radical (unpaired) electrons. The summed E-state index contributed by atoms with van der Waals surface area (Å²) in [5.74, 6) is -1.09. The number of rotatable bonds is 4. The highest BCUT2D eigenvalue weighted by molar-refractivity contribution is 6.32. The fraction of sp³-hybridized carbons (Fsp3) is 0.133. The molecule has 0 aliphatic carbocycles. The number of benzene rings is 2. The Kier molecular flexibility index (Phi) is 4.15. The van der Waals surface area contributed by atoms with E-state index in [1.165, 1.54) is 18.2 Å². The van der Waals surface area contributed by atoms with E-state index in [1.807, 2.05) is 31.2 Å². The molecule has 0 saturated carbocycles. The zero-order chi connectivity index (χ0) is 14.7. The zero-order valence-corrected chi connectivity index (χ0v) is 11.6. The number of carboxylic acids is 1. The Bertz CT molecular complexity index is 643. The number of carbonyl (C=O) groups is 1. The average molecular weight is 292 g/mol. The third-order valence-corrected chi connectivity index (χ3v) is 3.30. The number of phenols is 1. The molecule has 2 aromatic rings. The van der Waals surface area contributed by atoms with Crippen molar-refractivity contribution in [2.75, 3.05) is 5.32 Å². The zero-order valence-electron chi connectivity index (χ0n) is 10.8. The summed E-state index contributed by atoms with van der Waals surface area (Å²) < 4.78 is 0. The first-order chi connectivity index (χ1) is 9.49. The number of halogens is 1. The first-order valence-electron chi connectivity index (χ1n) is 6.02. The summed E-state index contributed by atoms with van der Waals surface area (Å²) >= 11 is 5.83. The number of phenolic OH excluding ortho intramolecular Hbond substituents is 1. The fourth-order valence-corrected chi connectivity index (χ4v) is 2.07. The van der Waals surface area contributed by atoms with E-state index in [9.17, 15) is 15.0 Å². The van der Waals surface area contributed by atoms with Crippen molar-refractivity contribution in [3.8, 4) is 5.75 Å². The van der Waals surface area contributed by atoms with Crippen LogP contribution < -0.4 is 5.32 Å². The van der Waals surface area contributed by atoms with Crippen molar-refractivity contribution < 1.29 is 15.0 Å². The molecular formula is C15H14ClNO3. The molecule has 2 rings (SSSR count). The lowest BCUT2D eigenvalue weighted by Gasteiger charge is -2.18. The summed E-state index contributed by atoms with van der Waals surface area (Å²) in [6.07, 6.45) is 0. The molecule has 3 N–H and O–H groups in total. The van der Waals surface area contributed by atoms with Crippen LogP contribution in [0.15, 0.2) is 42.5 Å². The first-order valence-corrected chi connectivity index (χ1v) is 6.40. The van der Waals surface area contributed by atoms with Crippen molar-refractivity contribution in [3.63, 3.8) is 0 Å². The molecule has 5 heteroatoms. The minimum absolute atomic E-state index is 0.0737. The monoisotopic (exact) mass is 291 g/mol. The Hall–Kier alpha value is -2.20. The maximum Gasteiger partial charge on any atom is 0.330 e. The Morgan fingerprint density at radius 1 is 1.25 bits per heavy atom. The maximum atomic E-state index is 11.4. The van der Waals surface area contributed by atoms with Crippen LogP contribution in [0.3, 0.4) is 0 Å². The molecule has 104 valence electrons. The molecule has 0 amide bonds. The number of para-hydroxylation sites is 1. The number of nitrogens with one attached hydrogen (secondary N) is 1. The summed E-state index contributed by atoms with van der Waals surface area (Å²) in [5, 5.41) is 21.9. The molecule has 0 fully saturated rings. The van der Waals surface area contributed by atoms with Gasteiger partial charge in [-0.3, -0.25) is 0 Å². The van der Waals surface area contributed by atoms with Crippen LogP contribution in [0.25, 0.3) is 0 Å². The van der Waals surface area contributed by atoms with Gasteiger partial charge >= 0.3 is 5.97 Å². The van der Waals surface area contributed by atoms with Crippen LogP contribution in [0.2, 0.25) is 5.02 Å². The predicted molar refractivity (Wildman–Crippen MR) is 78.3 cm³/mol. The van der Waals surface area contributed by atoms with E-state index < -0.39 is 12.0 Å². The molecule has 0 spiro atoms. The second kappa shape index (κ2) is 5.84. The number of carboxylic acid groups (broad SMARTS) is 1. The van der Waals surface area contributed by atoms with Crippen molar-refractivity contribution >= 4 is 23.3 Å². The number of hydrogen-bond donors (Lipinski definition) is 3. The molecule has 0 bridgehead atoms. The molecule has 20 heavy (non-hydrogen) atoms. The van der Waals surface area contributed by atoms with Crippen LogP contribution >= 0.6 is 11.6 Å². The normalized spacial score (nSPS) is 11.9. The second-order valence-corrected chi connectivity index (χ2v) is 4.85. The molecule has 2 aromatic carbocycles. The van der Waals surface area contributed by atoms with Gasteiger partial charge in [-0.15, -0.1) is 0 Å². The van der Waals surface area contributed by atoms with Crippen LogP contribution in [0.4, 0.5) is 5.69 Å². The molecule has 0 saturated heterocycles. The number of hydrogen-bond acceptors (Lipinski definition) is 3. The van der Waals surface area contributed by atoms with Gasteiger partial charge in [0.1, 0.15) is 5.75 Å². The second-order valence-electron chi connectivity index (χ2n) is 4.44. The molecule has 0 aromatic heterocycles. The lowest BCUT2D eigenvalue weighted by Crippen LogP contribution is -2.20. The molecule has 0 aliphatic rings. The fourth-order valence-electron chi connectivity index (χ4n) is 1.88. The van der Waals surface area contributed by atoms with Crippen LogP contribution in [0.5, 0.6) is 5.75 Å². The van der Waals surface area contributed by atoms with Gasteiger partial charge in [0.05, 0.1) is 5.02 Å². The van der Waals surface area contributed by atoms with Crippen LogP contribution in [-0.2, 0) is 4.79 Å². The predicted octanol–water partition coefficient (Wildman–Crippen LogP) is 3.59. The van der Waals surface area contributed by atoms with E-state index in [2.05, 4.69) is 5.32 Å². The Labute approximate surface area is 121 Å². The van der Waals surface area contributed by atoms with E-state index in [1.54, 1.807) is 0 Å². The molecule has 0 aliphatic heterocycles. The molecular weight excluding hydrogens is 278 g/mol. The van der Waals surface area contributed by atoms with E-state index in [4.69, 9.17) is 11.6 Å². The summed E-state index contributed by atoms with van der Waals surface area (Å²) in [5.41, 5.74) is 2.16. The topological polar surface area (TPSA) is 69.6 Å². The maximum absolute atomic E-state index is 11.4. The number of aromatic hydroxyl groups is 1. The van der Waals surface area contributed by atoms with Crippen molar-refractivity contribution in [1.29, 1.82) is 0 Å². The summed E-state index contributed by atoms with van der Waals surface area (Å²) in [6, 6.07) is 10.8. The van der Waals surface area contributed by atoms with E-state index in [0.29, 0.717) is 5.56 Å². The van der Waals surface area contributed by atoms with Gasteiger partial charge in [-0.1, -0.05) is 35.9 Å². The van der Waals surface area contributed by atoms with E-state index >= 15 is 0 Å². The van der Waals surface area contributed by atoms with Gasteiger partial charge < -0.3 is 15.5 Å². The van der Waals surface area contributed by atoms with Gasteiger partial charge in [0, 0.05) is 5.69 Å². The van der Waals surface area contributed by atoms with E-state index in [-0.39, 0.29) is 10.8 Å². The highest BCUT2D eigenvalue weighted by atomic mass is 35.5. The third-order valence-electron chi connectivity index (χ3n) is 3.00. The van der Waals surface area contributed by atoms with Gasteiger partial charge in [-0.25, -0.2) is 4.79 Å². The summed E-state index contributed by atoms with van der Waals surface area (Å²) in [4.78, 5) is 11.4. The number of anilines is 1. The standard InChI is InChI=1S/C15H14ClNO3/c1-9-4-2-3-5-12(9)17-14(15(19)20)10-6-7-13(18)11(16)8-10/h2-8,14,17-18H,1H3,(H,19,20). The van der Waals surface area contributed by atoms with Gasteiger partial charge in [0.2, 0.25) is 0 Å². The minimum Gasteiger partial charge on any atom is -0.506 e. The van der Waals surface area contributed by atoms with Crippen molar-refractivity contribution in [1.82, 2.24) is 0 Å². The van der Waals surface area contributed by atoms with Crippen LogP contribution in [-0.4, -0.2) is 16.2 Å². The van der Waals surface area contributed by atoms with Gasteiger partial charge in [-0.2, -0.15) is 0 Å². The van der Waals surface area contributed by atoms with Gasteiger partial charge in [0.15, 0.2) is 6.04 Å². The van der Waals surface area contributed by atoms with Crippen molar-refractivity contribution in [2.45, 2.75) is 13.0 Å². The van der Waals surface area contributed by atoms with E-state index in [0.717, 1.165) is 11.3 Å². The molecule has 1 unspecified atom stereocenters. The summed E-state index contributed by atoms with van der Waals surface area (Å²) in [6.45, 7) is 1.89. The molecule has 0 heterocycles. The molecule has 4 nitrogen and oxygen atoms in total. The molecule has 1 atom stereocenters. The van der Waals surface area contributed by atoms with Crippen molar-refractivity contribution in [2.24, 2.45) is 0 Å². The average Bonchev–Trinajstić information content (AvgIpc) is 2.41. The number of aliphatic carboxylic acids is 1. The Balaban J connectivity index is 2.34. The highest BCUT2D eigenvalue weighted by Gasteiger charge is 2.21. The lowest BCUT2D eigenvalue weighted by molar-refractivity contribution is -0.138. The SMILES string of the molecule is Cc1ccccc1NC(C(=O)O)c1ccc(O)c(Cl)c1. The lowest BCUT2D eigenvalue weighted by atomic mass is 10.1. The highest BCUT2D eigenvalue weighted by Crippen LogP contribution is 2.29. The van der Waals surface area contributed by atoms with Crippen LogP contribution in [0, 0.1) is 6.92 Å². The summed E-state index contributed by atoms with van der Waals surface area (Å²) in [7, 11) is 0. The smallest absolute Gasteiger partial charge is 0.330 e. The first kappa shape index (κ1) is 14.2. The Morgan fingerprint density at radius 2 is 1.95 bits per heavy atom. The minimum atomic E-state index is -1.02.